The van der Waals surface area contributed by atoms with Crippen molar-refractivity contribution in [2.45, 2.75) is 6.42 Å². The first-order valence-electron chi connectivity index (χ1n) is 3.48. The second-order valence-corrected chi connectivity index (χ2v) is 2.34. The highest BCUT2D eigenvalue weighted by molar-refractivity contribution is 5.41. The van der Waals surface area contributed by atoms with Crippen LogP contribution in [0.4, 0.5) is 10.1 Å². The van der Waals surface area contributed by atoms with E-state index in [0.29, 0.717) is 5.56 Å². The molecule has 0 aliphatic heterocycles. The molecule has 0 fully saturated rings. The van der Waals surface area contributed by atoms with Gasteiger partial charge in [0.15, 0.2) is 0 Å². The largest absolute Gasteiger partial charge is 0.207 e. The molecule has 0 aromatic heterocycles. The zero-order valence-electron chi connectivity index (χ0n) is 6.61. The molecule has 0 N–H and O–H groups in total. The number of azide groups is 1. The van der Waals surface area contributed by atoms with Gasteiger partial charge in [0.1, 0.15) is 5.82 Å². The van der Waals surface area contributed by atoms with Crippen LogP contribution in [0, 0.1) is 17.1 Å². The maximum Gasteiger partial charge on any atom is 0.123 e. The Bertz CT molecular complexity index is 401. The second-order valence-electron chi connectivity index (χ2n) is 2.34. The van der Waals surface area contributed by atoms with Gasteiger partial charge in [-0.15, -0.1) is 0 Å². The fourth-order valence-corrected chi connectivity index (χ4v) is 0.936. The molecule has 5 heteroatoms. The average Bonchev–Trinajstić information content (AvgIpc) is 2.04. The Kier molecular flexibility index (Phi) is 2.85. The highest BCUT2D eigenvalue weighted by Crippen LogP contribution is 2.17. The third-order valence-electron chi connectivity index (χ3n) is 1.39. The van der Waals surface area contributed by atoms with E-state index >= 15 is 0 Å². The molecule has 13 heavy (non-hydrogen) atoms. The Morgan fingerprint density at radius 3 is 2.92 bits per heavy atom. The monoisotopic (exact) mass is 176 g/mol. The number of halogens is 1. The number of hydrogen-bond donors (Lipinski definition) is 0. The Balaban J connectivity index is 3.11. The second kappa shape index (κ2) is 4.10. The van der Waals surface area contributed by atoms with Gasteiger partial charge in [-0.05, 0) is 29.3 Å². The van der Waals surface area contributed by atoms with Gasteiger partial charge in [0.25, 0.3) is 0 Å². The lowest BCUT2D eigenvalue weighted by Crippen LogP contribution is -1.83. The summed E-state index contributed by atoms with van der Waals surface area (Å²) in [6, 6.07) is 5.70. The molecule has 0 aliphatic carbocycles. The standard InChI is InChI=1S/C8H5FN4/c9-7-3-6(1-2-10)4-8(5-7)12-13-11/h3-5H,1H2. The number of nitrogens with zero attached hydrogens (tertiary/aromatic N) is 4. The van der Waals surface area contributed by atoms with Crippen LogP contribution in [0.25, 0.3) is 10.4 Å². The molecule has 0 heterocycles. The number of nitriles is 1. The first-order valence-corrected chi connectivity index (χ1v) is 3.48. The molecule has 0 aliphatic rings. The minimum Gasteiger partial charge on any atom is -0.207 e. The van der Waals surface area contributed by atoms with Crippen molar-refractivity contribution in [1.29, 1.82) is 5.26 Å². The molecular weight excluding hydrogens is 171 g/mol. The van der Waals surface area contributed by atoms with E-state index in [1.54, 1.807) is 0 Å². The first-order chi connectivity index (χ1) is 6.26. The van der Waals surface area contributed by atoms with E-state index in [4.69, 9.17) is 10.8 Å². The van der Waals surface area contributed by atoms with Crippen LogP contribution in [0.15, 0.2) is 23.3 Å². The van der Waals surface area contributed by atoms with Crippen LogP contribution < -0.4 is 0 Å². The summed E-state index contributed by atoms with van der Waals surface area (Å²) in [6.45, 7) is 0. The predicted molar refractivity (Wildman–Crippen MR) is 44.5 cm³/mol. The summed E-state index contributed by atoms with van der Waals surface area (Å²) in [7, 11) is 0. The summed E-state index contributed by atoms with van der Waals surface area (Å²) in [5.41, 5.74) is 8.79. The van der Waals surface area contributed by atoms with Crippen molar-refractivity contribution in [3.8, 4) is 6.07 Å². The lowest BCUT2D eigenvalue weighted by atomic mass is 10.1. The summed E-state index contributed by atoms with van der Waals surface area (Å²) >= 11 is 0. The molecule has 0 amide bonds. The molecule has 4 nitrogen and oxygen atoms in total. The smallest absolute Gasteiger partial charge is 0.123 e. The highest BCUT2D eigenvalue weighted by Gasteiger charge is 1.98. The molecule has 0 bridgehead atoms. The van der Waals surface area contributed by atoms with Crippen molar-refractivity contribution in [2.75, 3.05) is 0 Å². The Hall–Kier alpha value is -2.05. The van der Waals surface area contributed by atoms with Crippen LogP contribution in [0.1, 0.15) is 5.56 Å². The Morgan fingerprint density at radius 2 is 2.31 bits per heavy atom. The quantitative estimate of drug-likeness (QED) is 0.388. The third kappa shape index (κ3) is 2.47. The summed E-state index contributed by atoms with van der Waals surface area (Å²) < 4.78 is 12.8. The molecule has 0 unspecified atom stereocenters. The molecule has 0 spiro atoms. The van der Waals surface area contributed by atoms with Crippen LogP contribution >= 0.6 is 0 Å². The topological polar surface area (TPSA) is 72.5 Å². The van der Waals surface area contributed by atoms with Gasteiger partial charge in [-0.25, -0.2) is 4.39 Å². The van der Waals surface area contributed by atoms with Crippen molar-refractivity contribution in [3.63, 3.8) is 0 Å². The van der Waals surface area contributed by atoms with Crippen LogP contribution in [0.5, 0.6) is 0 Å². The summed E-state index contributed by atoms with van der Waals surface area (Å²) in [5.74, 6) is -0.504. The molecule has 1 aromatic rings. The maximum atomic E-state index is 12.8. The van der Waals surface area contributed by atoms with Gasteiger partial charge in [0.2, 0.25) is 0 Å². The highest BCUT2D eigenvalue weighted by atomic mass is 19.1. The predicted octanol–water partition coefficient (Wildman–Crippen LogP) is 2.83. The summed E-state index contributed by atoms with van der Waals surface area (Å²) in [6.07, 6.45) is 0.103. The number of rotatable bonds is 2. The van der Waals surface area contributed by atoms with E-state index in [1.165, 1.54) is 12.1 Å². The van der Waals surface area contributed by atoms with Crippen molar-refractivity contribution < 1.29 is 4.39 Å². The molecule has 64 valence electrons. The number of benzene rings is 1. The van der Waals surface area contributed by atoms with Gasteiger partial charge in [0.05, 0.1) is 12.5 Å². The lowest BCUT2D eigenvalue weighted by Gasteiger charge is -1.96. The zero-order valence-corrected chi connectivity index (χ0v) is 6.61. The van der Waals surface area contributed by atoms with Gasteiger partial charge < -0.3 is 0 Å². The fraction of sp³-hybridized carbons (Fsp3) is 0.125. The van der Waals surface area contributed by atoms with E-state index in [9.17, 15) is 4.39 Å². The van der Waals surface area contributed by atoms with Crippen molar-refractivity contribution in [1.82, 2.24) is 0 Å². The molecule has 1 aromatic carbocycles. The van der Waals surface area contributed by atoms with E-state index < -0.39 is 5.82 Å². The number of hydrogen-bond acceptors (Lipinski definition) is 2. The molecule has 0 radical (unpaired) electrons. The Morgan fingerprint density at radius 1 is 1.54 bits per heavy atom. The van der Waals surface area contributed by atoms with Gasteiger partial charge in [-0.3, -0.25) is 0 Å². The van der Waals surface area contributed by atoms with Gasteiger partial charge in [-0.2, -0.15) is 5.26 Å². The maximum absolute atomic E-state index is 12.8. The molecule has 0 saturated carbocycles. The normalized spacial score (nSPS) is 8.62. The molecule has 1 rings (SSSR count). The summed E-state index contributed by atoms with van der Waals surface area (Å²) in [4.78, 5) is 2.52. The van der Waals surface area contributed by atoms with Gasteiger partial charge in [-0.1, -0.05) is 5.11 Å². The van der Waals surface area contributed by atoms with E-state index in [-0.39, 0.29) is 12.1 Å². The first kappa shape index (κ1) is 9.04. The summed E-state index contributed by atoms with van der Waals surface area (Å²) in [5, 5.41) is 11.6. The average molecular weight is 176 g/mol. The fourth-order valence-electron chi connectivity index (χ4n) is 0.936. The van der Waals surface area contributed by atoms with Crippen LogP contribution in [-0.2, 0) is 6.42 Å². The molecule has 0 saturated heterocycles. The van der Waals surface area contributed by atoms with Crippen LogP contribution in [0.3, 0.4) is 0 Å². The van der Waals surface area contributed by atoms with E-state index in [1.807, 2.05) is 6.07 Å². The zero-order chi connectivity index (χ0) is 9.68. The third-order valence-corrected chi connectivity index (χ3v) is 1.39. The van der Waals surface area contributed by atoms with E-state index in [0.717, 1.165) is 6.07 Å². The molecular formula is C8H5FN4. The van der Waals surface area contributed by atoms with Gasteiger partial charge >= 0.3 is 0 Å². The van der Waals surface area contributed by atoms with Crippen LogP contribution in [0.2, 0.25) is 0 Å². The van der Waals surface area contributed by atoms with Crippen LogP contribution in [-0.4, -0.2) is 0 Å². The lowest BCUT2D eigenvalue weighted by molar-refractivity contribution is 0.626. The minimum absolute atomic E-state index is 0.103. The van der Waals surface area contributed by atoms with Gasteiger partial charge in [0, 0.05) is 10.6 Å². The van der Waals surface area contributed by atoms with Crippen molar-refractivity contribution >= 4 is 5.69 Å². The SMILES string of the molecule is N#CCc1cc(F)cc(N=[N+]=[N-])c1. The van der Waals surface area contributed by atoms with E-state index in [2.05, 4.69) is 10.0 Å². The Labute approximate surface area is 73.9 Å². The van der Waals surface area contributed by atoms with Crippen molar-refractivity contribution in [2.24, 2.45) is 5.11 Å². The molecule has 0 atom stereocenters. The van der Waals surface area contributed by atoms with Crippen molar-refractivity contribution in [3.05, 3.63) is 40.0 Å². The minimum atomic E-state index is -0.504.